The number of hydrogen-bond acceptors (Lipinski definition) is 2. The van der Waals surface area contributed by atoms with Crippen LogP contribution in [-0.4, -0.2) is 32.8 Å². The second kappa shape index (κ2) is 7.42. The van der Waals surface area contributed by atoms with Crippen molar-refractivity contribution in [2.45, 2.75) is 20.4 Å². The maximum Gasteiger partial charge on any atom is 0.213 e. The van der Waals surface area contributed by atoms with Gasteiger partial charge in [-0.05, 0) is 24.6 Å². The average molecular weight is 446 g/mol. The van der Waals surface area contributed by atoms with Gasteiger partial charge in [-0.25, -0.2) is 0 Å². The number of aliphatic hydroxyl groups excluding tert-OH is 1. The van der Waals surface area contributed by atoms with E-state index in [9.17, 15) is 9.90 Å². The van der Waals surface area contributed by atoms with Gasteiger partial charge in [-0.3, -0.25) is 4.79 Å². The lowest BCUT2D eigenvalue weighted by Gasteiger charge is -2.23. The molecular formula is C30H25N2O2+. The molecule has 4 aromatic rings. The Balaban J connectivity index is 1.56. The molecule has 1 aliphatic heterocycles. The third kappa shape index (κ3) is 2.72. The zero-order valence-corrected chi connectivity index (χ0v) is 19.5. The molecule has 34 heavy (non-hydrogen) atoms. The molecule has 3 aromatic carbocycles. The first-order chi connectivity index (χ1) is 16.5. The number of rotatable bonds is 3. The van der Waals surface area contributed by atoms with Crippen LogP contribution >= 0.6 is 0 Å². The van der Waals surface area contributed by atoms with Crippen LogP contribution in [0.15, 0.2) is 90.2 Å². The smallest absolute Gasteiger partial charge is 0.213 e. The lowest BCUT2D eigenvalue weighted by atomic mass is 9.78. The van der Waals surface area contributed by atoms with Crippen LogP contribution in [0.4, 0.5) is 5.69 Å². The van der Waals surface area contributed by atoms with Gasteiger partial charge in [0.05, 0.1) is 22.3 Å². The Kier molecular flexibility index (Phi) is 4.46. The van der Waals surface area contributed by atoms with E-state index in [-0.39, 0.29) is 11.5 Å². The quantitative estimate of drug-likeness (QED) is 0.308. The second-order valence-corrected chi connectivity index (χ2v) is 9.01. The van der Waals surface area contributed by atoms with Crippen molar-refractivity contribution in [3.63, 3.8) is 0 Å². The minimum atomic E-state index is -0.0948. The summed E-state index contributed by atoms with van der Waals surface area (Å²) in [5, 5.41) is 12.3. The summed E-state index contributed by atoms with van der Waals surface area (Å²) in [7, 11) is 1.99. The van der Waals surface area contributed by atoms with Gasteiger partial charge in [0.2, 0.25) is 11.5 Å². The fraction of sp³-hybridized carbons (Fsp3) is 0.133. The Morgan fingerprint density at radius 1 is 0.824 bits per heavy atom. The summed E-state index contributed by atoms with van der Waals surface area (Å²) in [4.78, 5) is 13.7. The van der Waals surface area contributed by atoms with E-state index in [4.69, 9.17) is 0 Å². The van der Waals surface area contributed by atoms with Gasteiger partial charge in [-0.2, -0.15) is 4.58 Å². The minimum Gasteiger partial charge on any atom is -0.506 e. The van der Waals surface area contributed by atoms with E-state index >= 15 is 0 Å². The van der Waals surface area contributed by atoms with Crippen LogP contribution in [-0.2, 0) is 11.3 Å². The molecule has 4 heteroatoms. The van der Waals surface area contributed by atoms with E-state index < -0.39 is 0 Å². The Morgan fingerprint density at radius 3 is 2.26 bits per heavy atom. The topological polar surface area (TPSA) is 45.2 Å². The zero-order chi connectivity index (χ0) is 23.6. The summed E-state index contributed by atoms with van der Waals surface area (Å²) in [6.45, 7) is 4.74. The van der Waals surface area contributed by atoms with Crippen LogP contribution in [0.25, 0.3) is 22.0 Å². The number of ketones is 1. The van der Waals surface area contributed by atoms with E-state index in [0.717, 1.165) is 44.7 Å². The molecule has 0 bridgehead atoms. The fourth-order valence-corrected chi connectivity index (χ4v) is 5.42. The highest BCUT2D eigenvalue weighted by Crippen LogP contribution is 2.47. The van der Waals surface area contributed by atoms with Gasteiger partial charge in [-0.15, -0.1) is 0 Å². The standard InChI is InChI=1S/C30H24N2O2/c1-18-25(21-13-7-9-15-23(21)31(18)3)27-29(33)28(30(27)34)26-19(2)32(17-20-11-5-4-6-12-20)24-16-10-8-14-22(24)26/h4-16H,17H2,1-3H3/p+1. The first kappa shape index (κ1) is 20.4. The maximum atomic E-state index is 13.7. The summed E-state index contributed by atoms with van der Waals surface area (Å²) in [6, 6.07) is 26.4. The van der Waals surface area contributed by atoms with E-state index in [1.165, 1.54) is 5.56 Å². The molecule has 6 rings (SSSR count). The number of carbonyl (C=O) groups excluding carboxylic acids is 1. The molecule has 0 amide bonds. The number of carbonyl (C=O) groups is 1. The molecule has 1 aliphatic carbocycles. The van der Waals surface area contributed by atoms with Crippen molar-refractivity contribution in [1.29, 1.82) is 0 Å². The molecule has 2 aliphatic rings. The highest BCUT2D eigenvalue weighted by molar-refractivity contribution is 6.47. The van der Waals surface area contributed by atoms with Crippen molar-refractivity contribution >= 4 is 39.2 Å². The van der Waals surface area contributed by atoms with Crippen LogP contribution < -0.4 is 0 Å². The molecule has 1 N–H and O–H groups in total. The lowest BCUT2D eigenvalue weighted by molar-refractivity contribution is -0.401. The van der Waals surface area contributed by atoms with Crippen molar-refractivity contribution in [3.8, 4) is 0 Å². The number of aromatic nitrogens is 1. The molecule has 0 saturated heterocycles. The number of hydrogen-bond donors (Lipinski definition) is 1. The number of allylic oxidation sites excluding steroid dienone is 3. The number of benzene rings is 3. The largest absolute Gasteiger partial charge is 0.506 e. The Morgan fingerprint density at radius 2 is 1.50 bits per heavy atom. The highest BCUT2D eigenvalue weighted by atomic mass is 16.3. The monoisotopic (exact) mass is 445 g/mol. The van der Waals surface area contributed by atoms with Gasteiger partial charge in [0.15, 0.2) is 5.71 Å². The van der Waals surface area contributed by atoms with Crippen LogP contribution in [0, 0.1) is 6.92 Å². The van der Waals surface area contributed by atoms with Gasteiger partial charge >= 0.3 is 0 Å². The van der Waals surface area contributed by atoms with Crippen LogP contribution in [0.1, 0.15) is 29.3 Å². The Hall–Kier alpha value is -4.18. The molecule has 0 saturated carbocycles. The summed E-state index contributed by atoms with van der Waals surface area (Å²) < 4.78 is 4.31. The average Bonchev–Trinajstić information content (AvgIpc) is 3.27. The van der Waals surface area contributed by atoms with E-state index in [2.05, 4.69) is 27.3 Å². The number of aliphatic hydroxyl groups is 1. The van der Waals surface area contributed by atoms with Crippen molar-refractivity contribution in [3.05, 3.63) is 113 Å². The molecule has 0 unspecified atom stereocenters. The molecule has 0 fully saturated rings. The molecular weight excluding hydrogens is 420 g/mol. The molecule has 1 aromatic heterocycles. The second-order valence-electron chi connectivity index (χ2n) is 9.01. The molecule has 0 atom stereocenters. The minimum absolute atomic E-state index is 0.0927. The van der Waals surface area contributed by atoms with Gasteiger partial charge in [-0.1, -0.05) is 60.7 Å². The first-order valence-electron chi connectivity index (χ1n) is 11.5. The van der Waals surface area contributed by atoms with Gasteiger partial charge < -0.3 is 9.67 Å². The normalized spacial score (nSPS) is 17.6. The highest BCUT2D eigenvalue weighted by Gasteiger charge is 2.44. The predicted molar refractivity (Wildman–Crippen MR) is 137 cm³/mol. The fourth-order valence-electron chi connectivity index (χ4n) is 5.42. The van der Waals surface area contributed by atoms with Gasteiger partial charge in [0.1, 0.15) is 12.8 Å². The maximum absolute atomic E-state index is 13.7. The third-order valence-electron chi connectivity index (χ3n) is 7.24. The predicted octanol–water partition coefficient (Wildman–Crippen LogP) is 6.05. The van der Waals surface area contributed by atoms with E-state index in [0.29, 0.717) is 17.7 Å². The number of fused-ring (bicyclic) bond motifs is 2. The number of nitrogens with zero attached hydrogens (tertiary/aromatic N) is 2. The molecule has 4 nitrogen and oxygen atoms in total. The van der Waals surface area contributed by atoms with Gasteiger partial charge in [0, 0.05) is 41.7 Å². The van der Waals surface area contributed by atoms with Crippen molar-refractivity contribution in [2.75, 3.05) is 7.05 Å². The molecule has 0 spiro atoms. The first-order valence-corrected chi connectivity index (χ1v) is 11.5. The Bertz CT molecular complexity index is 1610. The van der Waals surface area contributed by atoms with Crippen molar-refractivity contribution < 1.29 is 14.5 Å². The third-order valence-corrected chi connectivity index (χ3v) is 7.24. The zero-order valence-electron chi connectivity index (χ0n) is 19.5. The lowest BCUT2D eigenvalue weighted by Crippen LogP contribution is -2.24. The SMILES string of the molecule is CC1=[N+](C)c2ccccc2C1=C1C(=O)C(c2c(C)n(Cc3ccccc3)c3ccccc23)=C1O. The van der Waals surface area contributed by atoms with E-state index in [1.807, 2.05) is 81.6 Å². The molecule has 0 radical (unpaired) electrons. The summed E-state index contributed by atoms with van der Waals surface area (Å²) in [6.07, 6.45) is 0. The summed E-state index contributed by atoms with van der Waals surface area (Å²) >= 11 is 0. The Labute approximate surface area is 198 Å². The summed E-state index contributed by atoms with van der Waals surface area (Å²) in [5.74, 6) is -0.00201. The molecule has 2 heterocycles. The van der Waals surface area contributed by atoms with Gasteiger partial charge in [0.25, 0.3) is 0 Å². The van der Waals surface area contributed by atoms with Crippen molar-refractivity contribution in [2.24, 2.45) is 0 Å². The van der Waals surface area contributed by atoms with Crippen LogP contribution in [0.5, 0.6) is 0 Å². The van der Waals surface area contributed by atoms with Crippen molar-refractivity contribution in [1.82, 2.24) is 4.57 Å². The number of para-hydroxylation sites is 2. The number of Topliss-reactive ketones (excluding diaryl/α,β-unsaturated/α-hetero) is 1. The molecule has 166 valence electrons. The van der Waals surface area contributed by atoms with E-state index in [1.54, 1.807) is 0 Å². The van der Waals surface area contributed by atoms with Crippen LogP contribution in [0.3, 0.4) is 0 Å². The van der Waals surface area contributed by atoms with Crippen LogP contribution in [0.2, 0.25) is 0 Å². The summed E-state index contributed by atoms with van der Waals surface area (Å²) in [5.41, 5.74) is 8.73.